The minimum absolute atomic E-state index is 0.0162. The molecule has 0 aliphatic carbocycles. The fraction of sp³-hybridized carbons (Fsp3) is 0.514. The summed E-state index contributed by atoms with van der Waals surface area (Å²) < 4.78 is 10.4. The third kappa shape index (κ3) is 11.0. The molecule has 2 aromatic carbocycles. The van der Waals surface area contributed by atoms with Gasteiger partial charge in [-0.15, -0.1) is 0 Å². The van der Waals surface area contributed by atoms with Gasteiger partial charge >= 0.3 is 12.1 Å². The Morgan fingerprint density at radius 2 is 1.39 bits per heavy atom. The molecule has 11 heteroatoms. The van der Waals surface area contributed by atoms with Crippen molar-refractivity contribution in [3.05, 3.63) is 71.8 Å². The van der Waals surface area contributed by atoms with Crippen molar-refractivity contribution < 1.29 is 33.4 Å². The number of hydrogen-bond donors (Lipinski definition) is 3. The summed E-state index contributed by atoms with van der Waals surface area (Å²) >= 11 is 0. The number of hydrazine groups is 1. The number of nitrogens with zero attached hydrogens (tertiary/aromatic N) is 1. The van der Waals surface area contributed by atoms with Crippen LogP contribution in [0.1, 0.15) is 78.4 Å². The lowest BCUT2D eigenvalue weighted by Crippen LogP contribution is -2.74. The zero-order valence-electron chi connectivity index (χ0n) is 27.9. The largest absolute Gasteiger partial charge is 0.464 e. The number of rotatable bonds is 18. The maximum absolute atomic E-state index is 14.3. The second kappa shape index (κ2) is 18.7. The highest BCUT2D eigenvalue weighted by Crippen LogP contribution is 2.28. The van der Waals surface area contributed by atoms with Gasteiger partial charge in [0.05, 0.1) is 12.1 Å². The van der Waals surface area contributed by atoms with E-state index in [1.165, 1.54) is 19.4 Å². The number of ketones is 1. The van der Waals surface area contributed by atoms with Crippen LogP contribution in [0.3, 0.4) is 0 Å². The lowest BCUT2D eigenvalue weighted by molar-refractivity contribution is -0.161. The monoisotopic (exact) mass is 638 g/mol. The normalized spacial score (nSPS) is 13.7. The van der Waals surface area contributed by atoms with Gasteiger partial charge < -0.3 is 20.1 Å². The second-order valence-electron chi connectivity index (χ2n) is 12.1. The summed E-state index contributed by atoms with van der Waals surface area (Å²) in [5, 5.41) is 6.03. The smallest absolute Gasteiger partial charge is 0.408 e. The summed E-state index contributed by atoms with van der Waals surface area (Å²) in [5.41, 5.74) is -0.244. The zero-order valence-corrected chi connectivity index (χ0v) is 27.9. The second-order valence-corrected chi connectivity index (χ2v) is 12.1. The summed E-state index contributed by atoms with van der Waals surface area (Å²) in [5.74, 6) is 2.72. The van der Waals surface area contributed by atoms with Crippen LogP contribution < -0.4 is 16.5 Å². The molecular formula is C35H50N4O7. The van der Waals surface area contributed by atoms with Crippen LogP contribution in [-0.4, -0.2) is 58.9 Å². The average molecular weight is 639 g/mol. The van der Waals surface area contributed by atoms with Crippen molar-refractivity contribution in [2.24, 2.45) is 17.7 Å². The molecule has 3 amide bonds. The molecule has 0 saturated heterocycles. The third-order valence-electron chi connectivity index (χ3n) is 7.93. The summed E-state index contributed by atoms with van der Waals surface area (Å²) in [6, 6.07) is 17.1. The fourth-order valence-corrected chi connectivity index (χ4v) is 5.13. The summed E-state index contributed by atoms with van der Waals surface area (Å²) in [7, 11) is 0. The van der Waals surface area contributed by atoms with Gasteiger partial charge in [0, 0.05) is 13.3 Å². The van der Waals surface area contributed by atoms with Crippen molar-refractivity contribution in [2.75, 3.05) is 6.61 Å². The van der Waals surface area contributed by atoms with Crippen LogP contribution in [0.4, 0.5) is 4.79 Å². The number of carbonyl (C=O) groups is 5. The average Bonchev–Trinajstić information content (AvgIpc) is 3.02. The standard InChI is InChI=1S/C35H50N4O7/c1-24(2)30(23-45-27(6)40)38-33(43)35(25(3)4,32(42)26(5)37-34(44)46-22-29-19-13-8-14-20-29)39(36)31(41)21-15-9-12-18-28-16-10-7-11-17-28/h7-8,10-11,13-14,16-17,19-20,24-26,30H,9,12,15,18,21-23,36H2,1-6H3,(H,37,44)(H,38,43)/t26-,30+,35+/m0/s1. The lowest BCUT2D eigenvalue weighted by Gasteiger charge is -2.43. The van der Waals surface area contributed by atoms with E-state index in [-0.39, 0.29) is 25.6 Å². The number of hydrogen-bond acceptors (Lipinski definition) is 8. The molecule has 0 saturated carbocycles. The third-order valence-corrected chi connectivity index (χ3v) is 7.93. The molecule has 0 radical (unpaired) electrons. The number of carbonyl (C=O) groups excluding carboxylic acids is 5. The molecule has 0 aromatic heterocycles. The number of esters is 1. The molecule has 11 nitrogen and oxygen atoms in total. The van der Waals surface area contributed by atoms with Gasteiger partial charge in [-0.1, -0.05) is 94.8 Å². The van der Waals surface area contributed by atoms with Crippen LogP contribution >= 0.6 is 0 Å². The van der Waals surface area contributed by atoms with Gasteiger partial charge in [-0.05, 0) is 49.1 Å². The van der Waals surface area contributed by atoms with Crippen molar-refractivity contribution in [3.63, 3.8) is 0 Å². The maximum atomic E-state index is 14.3. The summed E-state index contributed by atoms with van der Waals surface area (Å²) in [6.45, 7) is 9.37. The summed E-state index contributed by atoms with van der Waals surface area (Å²) in [6.07, 6.45) is 2.11. The molecule has 0 aliphatic heterocycles. The Hall–Kier alpha value is -4.25. The molecule has 0 aliphatic rings. The molecule has 4 N–H and O–H groups in total. The van der Waals surface area contributed by atoms with Crippen molar-refractivity contribution in [2.45, 2.75) is 97.9 Å². The highest BCUT2D eigenvalue weighted by atomic mass is 16.5. The number of aryl methyl sites for hydroxylation is 1. The number of unbranched alkanes of at least 4 members (excludes halogenated alkanes) is 2. The van der Waals surface area contributed by atoms with Gasteiger partial charge in [0.1, 0.15) is 13.2 Å². The fourth-order valence-electron chi connectivity index (χ4n) is 5.13. The van der Waals surface area contributed by atoms with Crippen LogP contribution in [0.5, 0.6) is 0 Å². The van der Waals surface area contributed by atoms with Gasteiger partial charge in [-0.2, -0.15) is 0 Å². The molecule has 3 atom stereocenters. The molecule has 0 bridgehead atoms. The Labute approximate surface area is 272 Å². The van der Waals surface area contributed by atoms with Crippen molar-refractivity contribution in [3.8, 4) is 0 Å². The van der Waals surface area contributed by atoms with Crippen LogP contribution in [0.15, 0.2) is 60.7 Å². The Morgan fingerprint density at radius 3 is 1.93 bits per heavy atom. The van der Waals surface area contributed by atoms with Crippen LogP contribution in [-0.2, 0) is 41.7 Å². The van der Waals surface area contributed by atoms with E-state index in [0.29, 0.717) is 6.42 Å². The van der Waals surface area contributed by atoms with Gasteiger partial charge in [-0.3, -0.25) is 24.2 Å². The highest BCUT2D eigenvalue weighted by molar-refractivity contribution is 6.15. The van der Waals surface area contributed by atoms with Crippen LogP contribution in [0, 0.1) is 11.8 Å². The van der Waals surface area contributed by atoms with Crippen LogP contribution in [0.25, 0.3) is 0 Å². The summed E-state index contributed by atoms with van der Waals surface area (Å²) in [4.78, 5) is 66.2. The predicted molar refractivity (Wildman–Crippen MR) is 175 cm³/mol. The molecular weight excluding hydrogens is 588 g/mol. The van der Waals surface area contributed by atoms with E-state index in [1.807, 2.05) is 50.2 Å². The highest BCUT2D eigenvalue weighted by Gasteiger charge is 2.56. The van der Waals surface area contributed by atoms with Crippen molar-refractivity contribution >= 4 is 29.7 Å². The first-order valence-corrected chi connectivity index (χ1v) is 15.9. The van der Waals surface area contributed by atoms with E-state index in [2.05, 4.69) is 10.6 Å². The number of alkyl carbamates (subject to hydrolysis) is 1. The molecule has 0 unspecified atom stereocenters. The Balaban J connectivity index is 2.27. The minimum Gasteiger partial charge on any atom is -0.464 e. The van der Waals surface area contributed by atoms with Crippen molar-refractivity contribution in [1.29, 1.82) is 0 Å². The first-order chi connectivity index (χ1) is 21.8. The topological polar surface area (TPSA) is 157 Å². The molecule has 0 spiro atoms. The van der Waals surface area contributed by atoms with E-state index in [4.69, 9.17) is 15.3 Å². The first-order valence-electron chi connectivity index (χ1n) is 15.9. The van der Waals surface area contributed by atoms with Gasteiger partial charge in [-0.25, -0.2) is 10.6 Å². The number of nitrogens with one attached hydrogen (secondary N) is 2. The van der Waals surface area contributed by atoms with Gasteiger partial charge in [0.2, 0.25) is 5.91 Å². The molecule has 0 heterocycles. The van der Waals surface area contributed by atoms with E-state index < -0.39 is 53.2 Å². The molecule has 46 heavy (non-hydrogen) atoms. The Kier molecular flexibility index (Phi) is 15.4. The predicted octanol–water partition coefficient (Wildman–Crippen LogP) is 4.47. The first kappa shape index (κ1) is 37.9. The van der Waals surface area contributed by atoms with Gasteiger partial charge in [0.25, 0.3) is 5.91 Å². The molecule has 252 valence electrons. The lowest BCUT2D eigenvalue weighted by atomic mass is 9.77. The minimum atomic E-state index is -2.20. The van der Waals surface area contributed by atoms with E-state index in [0.717, 1.165) is 29.8 Å². The number of amides is 3. The number of nitrogens with two attached hydrogens (primary N) is 1. The van der Waals surface area contributed by atoms with Gasteiger partial charge in [0.15, 0.2) is 11.3 Å². The SMILES string of the molecule is CC(=O)OC[C@@H](NC(=O)[C@](C(=O)[C@H](C)NC(=O)OCc1ccccc1)(C(C)C)N(N)C(=O)CCCCCc1ccccc1)C(C)C. The quantitative estimate of drug-likeness (QED) is 0.0539. The van der Waals surface area contributed by atoms with E-state index >= 15 is 0 Å². The molecule has 0 fully saturated rings. The number of benzene rings is 2. The van der Waals surface area contributed by atoms with Crippen molar-refractivity contribution in [1.82, 2.24) is 15.6 Å². The number of Topliss-reactive ketones (excluding diaryl/α,β-unsaturated/α-hetero) is 1. The zero-order chi connectivity index (χ0) is 34.3. The van der Waals surface area contributed by atoms with Crippen LogP contribution in [0.2, 0.25) is 0 Å². The number of ether oxygens (including phenoxy) is 2. The maximum Gasteiger partial charge on any atom is 0.408 e. The molecule has 2 rings (SSSR count). The van der Waals surface area contributed by atoms with E-state index in [9.17, 15) is 24.0 Å². The van der Waals surface area contributed by atoms with E-state index in [1.54, 1.807) is 38.1 Å². The molecule has 2 aromatic rings. The Morgan fingerprint density at radius 1 is 0.804 bits per heavy atom. The Bertz CT molecular complexity index is 1290.